The summed E-state index contributed by atoms with van der Waals surface area (Å²) in [6, 6.07) is 7.37. The fourth-order valence-corrected chi connectivity index (χ4v) is 4.65. The van der Waals surface area contributed by atoms with E-state index < -0.39 is 5.97 Å². The highest BCUT2D eigenvalue weighted by Gasteiger charge is 2.18. The van der Waals surface area contributed by atoms with Crippen LogP contribution in [0, 0.1) is 11.3 Å². The van der Waals surface area contributed by atoms with Crippen molar-refractivity contribution in [2.75, 3.05) is 46.2 Å². The molecule has 0 aliphatic heterocycles. The predicted molar refractivity (Wildman–Crippen MR) is 146 cm³/mol. The minimum Gasteiger partial charge on any atom is -0.457 e. The first-order valence-electron chi connectivity index (χ1n) is 11.6. The number of likely N-dealkylation sites (N-methyl/N-ethyl adjacent to an activating group) is 2. The van der Waals surface area contributed by atoms with Crippen LogP contribution in [-0.4, -0.2) is 72.1 Å². The first-order chi connectivity index (χ1) is 17.7. The van der Waals surface area contributed by atoms with E-state index in [1.54, 1.807) is 25.1 Å². The van der Waals surface area contributed by atoms with E-state index >= 15 is 0 Å². The lowest BCUT2D eigenvalue weighted by atomic mass is 10.1. The number of esters is 1. The topological polar surface area (TPSA) is 123 Å². The summed E-state index contributed by atoms with van der Waals surface area (Å²) in [6.45, 7) is 6.83. The lowest BCUT2D eigenvalue weighted by Gasteiger charge is -2.19. The van der Waals surface area contributed by atoms with Crippen molar-refractivity contribution in [2.24, 2.45) is 0 Å². The molecule has 0 saturated heterocycles. The number of thiazole rings is 1. The number of aromatic amines is 1. The molecule has 0 aliphatic rings. The van der Waals surface area contributed by atoms with Crippen LogP contribution in [0.1, 0.15) is 17.3 Å². The summed E-state index contributed by atoms with van der Waals surface area (Å²) in [4.78, 5) is 45.1. The molecule has 2 N–H and O–H groups in total. The van der Waals surface area contributed by atoms with Crippen molar-refractivity contribution in [1.29, 1.82) is 5.26 Å². The van der Waals surface area contributed by atoms with Crippen LogP contribution in [0.25, 0.3) is 22.7 Å². The van der Waals surface area contributed by atoms with E-state index in [9.17, 15) is 19.6 Å². The Kier molecular flexibility index (Phi) is 9.05. The fraction of sp³-hybridized carbons (Fsp3) is 0.308. The predicted octanol–water partition coefficient (Wildman–Crippen LogP) is 1.30. The quantitative estimate of drug-likeness (QED) is 0.304. The van der Waals surface area contributed by atoms with Gasteiger partial charge < -0.3 is 24.8 Å². The molecule has 0 aliphatic carbocycles. The highest BCUT2D eigenvalue weighted by atomic mass is 32.1. The number of hydrogen-bond donors (Lipinski definition) is 2. The summed E-state index contributed by atoms with van der Waals surface area (Å²) in [6.07, 6.45) is 4.63. The Bertz CT molecular complexity index is 1540. The number of nitriles is 1. The standard InChI is InChI=1S/C26H30N6O4S/c1-6-12-36-26(35)19(14-27)25-32(7-2)24(34)22(37-25)16-28-17-8-9-21-18(13-17)20(15-29-21)23(33)31(5)11-10-30(3)4/h6,8-9,13,15-16,28-29H,1,7,10-12H2,2-5H3. The number of nitrogens with zero attached hydrogens (tertiary/aromatic N) is 4. The van der Waals surface area contributed by atoms with E-state index in [0.717, 1.165) is 28.8 Å². The van der Waals surface area contributed by atoms with Gasteiger partial charge in [0, 0.05) is 55.7 Å². The molecule has 2 aromatic heterocycles. The number of carbonyl (C=O) groups excluding carboxylic acids is 2. The Balaban J connectivity index is 1.96. The molecule has 0 atom stereocenters. The number of aromatic nitrogens is 2. The van der Waals surface area contributed by atoms with Gasteiger partial charge in [-0.1, -0.05) is 12.7 Å². The van der Waals surface area contributed by atoms with Crippen LogP contribution in [-0.2, 0) is 16.1 Å². The van der Waals surface area contributed by atoms with Crippen LogP contribution in [0.5, 0.6) is 0 Å². The smallest absolute Gasteiger partial charge is 0.352 e. The van der Waals surface area contributed by atoms with Gasteiger partial charge in [0.2, 0.25) is 0 Å². The summed E-state index contributed by atoms with van der Waals surface area (Å²) in [5, 5.41) is 13.4. The third-order valence-electron chi connectivity index (χ3n) is 5.60. The van der Waals surface area contributed by atoms with Gasteiger partial charge in [-0.3, -0.25) is 14.2 Å². The molecule has 194 valence electrons. The highest BCUT2D eigenvalue weighted by Crippen LogP contribution is 2.23. The molecule has 3 rings (SSSR count). The van der Waals surface area contributed by atoms with Gasteiger partial charge >= 0.3 is 5.97 Å². The van der Waals surface area contributed by atoms with Gasteiger partial charge in [0.15, 0.2) is 5.57 Å². The lowest BCUT2D eigenvalue weighted by Crippen LogP contribution is -2.33. The van der Waals surface area contributed by atoms with Crippen molar-refractivity contribution in [3.63, 3.8) is 0 Å². The van der Waals surface area contributed by atoms with Crippen molar-refractivity contribution >= 4 is 51.6 Å². The van der Waals surface area contributed by atoms with Gasteiger partial charge in [-0.05, 0) is 39.2 Å². The zero-order chi connectivity index (χ0) is 27.1. The molecule has 0 saturated carbocycles. The molecule has 10 nitrogen and oxygen atoms in total. The van der Waals surface area contributed by atoms with E-state index in [1.807, 2.05) is 43.3 Å². The molecule has 37 heavy (non-hydrogen) atoms. The first-order valence-corrected chi connectivity index (χ1v) is 12.4. The second-order valence-electron chi connectivity index (χ2n) is 8.48. The molecule has 0 spiro atoms. The second-order valence-corrected chi connectivity index (χ2v) is 9.51. The maximum absolute atomic E-state index is 13.0. The number of fused-ring (bicyclic) bond motifs is 1. The van der Waals surface area contributed by atoms with E-state index in [0.29, 0.717) is 22.3 Å². The number of hydrogen-bond acceptors (Lipinski definition) is 8. The summed E-state index contributed by atoms with van der Waals surface area (Å²) in [5.41, 5.74) is 1.47. The average Bonchev–Trinajstić information content (AvgIpc) is 3.44. The number of benzene rings is 1. The molecule has 1 aromatic carbocycles. The first kappa shape index (κ1) is 27.4. The van der Waals surface area contributed by atoms with E-state index in [4.69, 9.17) is 4.74 Å². The second kappa shape index (κ2) is 12.2. The van der Waals surface area contributed by atoms with Crippen LogP contribution >= 0.6 is 11.3 Å². The zero-order valence-corrected chi connectivity index (χ0v) is 22.1. The largest absolute Gasteiger partial charge is 0.457 e. The Morgan fingerprint density at radius 1 is 1.30 bits per heavy atom. The maximum atomic E-state index is 13.0. The summed E-state index contributed by atoms with van der Waals surface area (Å²) < 4.78 is 6.90. The van der Waals surface area contributed by atoms with Crippen molar-refractivity contribution in [1.82, 2.24) is 19.4 Å². The average molecular weight is 523 g/mol. The van der Waals surface area contributed by atoms with Gasteiger partial charge in [0.25, 0.3) is 11.5 Å². The van der Waals surface area contributed by atoms with E-state index in [1.165, 1.54) is 16.8 Å². The Hall–Kier alpha value is -4.14. The molecule has 0 radical (unpaired) electrons. The van der Waals surface area contributed by atoms with Gasteiger partial charge in [-0.15, -0.1) is 11.3 Å². The summed E-state index contributed by atoms with van der Waals surface area (Å²) in [5.74, 6) is -0.901. The highest BCUT2D eigenvalue weighted by molar-refractivity contribution is 7.07. The van der Waals surface area contributed by atoms with Crippen LogP contribution in [0.3, 0.4) is 0 Å². The van der Waals surface area contributed by atoms with Crippen LogP contribution in [0.15, 0.2) is 41.8 Å². The van der Waals surface area contributed by atoms with Crippen molar-refractivity contribution in [3.8, 4) is 6.07 Å². The van der Waals surface area contributed by atoms with Gasteiger partial charge in [0.1, 0.15) is 21.9 Å². The molecule has 0 bridgehead atoms. The molecule has 0 fully saturated rings. The lowest BCUT2D eigenvalue weighted by molar-refractivity contribution is -0.135. The number of ether oxygens (including phenoxy) is 1. The number of nitrogens with one attached hydrogen (secondary N) is 2. The minimum absolute atomic E-state index is 0.0378. The van der Waals surface area contributed by atoms with Crippen LogP contribution < -0.4 is 20.1 Å². The normalized spacial score (nSPS) is 12.4. The third-order valence-corrected chi connectivity index (χ3v) is 6.73. The van der Waals surface area contributed by atoms with E-state index in [2.05, 4.69) is 16.9 Å². The zero-order valence-electron chi connectivity index (χ0n) is 21.3. The summed E-state index contributed by atoms with van der Waals surface area (Å²) in [7, 11) is 5.68. The Morgan fingerprint density at radius 2 is 2.05 bits per heavy atom. The molecular weight excluding hydrogens is 492 g/mol. The molecular formula is C26H30N6O4S. The SMILES string of the molecule is C=CCOC(=O)C(C#N)=c1sc(=CNc2ccc3[nH]cc(C(=O)N(C)CCN(C)C)c3c2)c(=O)n1CC. The number of amides is 1. The number of anilines is 1. The molecule has 1 amide bonds. The van der Waals surface area contributed by atoms with Crippen LogP contribution in [0.4, 0.5) is 5.69 Å². The fourth-order valence-electron chi connectivity index (χ4n) is 3.57. The number of H-pyrrole nitrogens is 1. The van der Waals surface area contributed by atoms with Gasteiger partial charge in [-0.2, -0.15) is 5.26 Å². The molecule has 11 heteroatoms. The third kappa shape index (κ3) is 6.17. The number of rotatable bonds is 10. The van der Waals surface area contributed by atoms with Gasteiger partial charge in [0.05, 0.1) is 5.56 Å². The minimum atomic E-state index is -0.809. The molecule has 2 heterocycles. The maximum Gasteiger partial charge on any atom is 0.352 e. The van der Waals surface area contributed by atoms with E-state index in [-0.39, 0.29) is 34.9 Å². The Labute approximate surface area is 218 Å². The van der Waals surface area contributed by atoms with Crippen molar-refractivity contribution < 1.29 is 14.3 Å². The monoisotopic (exact) mass is 522 g/mol. The Morgan fingerprint density at radius 3 is 2.70 bits per heavy atom. The van der Waals surface area contributed by atoms with Gasteiger partial charge in [-0.25, -0.2) is 4.79 Å². The summed E-state index contributed by atoms with van der Waals surface area (Å²) >= 11 is 1.02. The number of carbonyl (C=O) groups is 2. The molecule has 0 unspecified atom stereocenters. The van der Waals surface area contributed by atoms with Crippen LogP contribution in [0.2, 0.25) is 0 Å². The van der Waals surface area contributed by atoms with Crippen molar-refractivity contribution in [3.05, 3.63) is 62.2 Å². The van der Waals surface area contributed by atoms with Crippen molar-refractivity contribution in [2.45, 2.75) is 13.5 Å². The molecule has 3 aromatic rings.